The molecule has 0 N–H and O–H groups in total. The average molecular weight is 593 g/mol. The molecule has 3 aromatic carbocycles. The van der Waals surface area contributed by atoms with Crippen LogP contribution in [0.5, 0.6) is 0 Å². The highest BCUT2D eigenvalue weighted by molar-refractivity contribution is 9.10. The maximum Gasteiger partial charge on any atom is 0.227 e. The highest BCUT2D eigenvalue weighted by atomic mass is 79.9. The third kappa shape index (κ3) is 5.33. The van der Waals surface area contributed by atoms with Crippen molar-refractivity contribution in [2.24, 2.45) is 5.92 Å². The Hall–Kier alpha value is -2.87. The number of hydrogen-bond donors (Lipinski definition) is 0. The van der Waals surface area contributed by atoms with Crippen molar-refractivity contribution in [2.45, 2.75) is 19.4 Å². The molecule has 0 saturated carbocycles. The molecule has 1 amide bonds. The van der Waals surface area contributed by atoms with Gasteiger partial charge in [0.25, 0.3) is 0 Å². The van der Waals surface area contributed by atoms with E-state index in [4.69, 9.17) is 16.6 Å². The lowest BCUT2D eigenvalue weighted by Gasteiger charge is -2.39. The third-order valence-corrected chi connectivity index (χ3v) is 8.41. The number of halogens is 2. The first-order chi connectivity index (χ1) is 18.5. The quantitative estimate of drug-likeness (QED) is 0.285. The van der Waals surface area contributed by atoms with Crippen LogP contribution in [-0.2, 0) is 11.3 Å². The van der Waals surface area contributed by atoms with E-state index in [0.717, 1.165) is 89.8 Å². The van der Waals surface area contributed by atoms with E-state index >= 15 is 0 Å². The van der Waals surface area contributed by atoms with Crippen LogP contribution in [-0.4, -0.2) is 64.5 Å². The molecule has 0 aliphatic carbocycles. The number of likely N-dealkylation sites (tertiary alicyclic amines) is 1. The minimum absolute atomic E-state index is 0.0326. The van der Waals surface area contributed by atoms with Crippen molar-refractivity contribution >= 4 is 50.2 Å². The van der Waals surface area contributed by atoms with E-state index in [9.17, 15) is 4.79 Å². The number of imidazole rings is 1. The molecule has 6 rings (SSSR count). The summed E-state index contributed by atoms with van der Waals surface area (Å²) in [5.41, 5.74) is 4.31. The van der Waals surface area contributed by atoms with Gasteiger partial charge < -0.3 is 9.80 Å². The van der Waals surface area contributed by atoms with E-state index < -0.39 is 0 Å². The van der Waals surface area contributed by atoms with Gasteiger partial charge >= 0.3 is 0 Å². The minimum atomic E-state index is 0.0326. The molecule has 2 saturated heterocycles. The topological polar surface area (TPSA) is 44.6 Å². The van der Waals surface area contributed by atoms with Gasteiger partial charge in [-0.1, -0.05) is 51.8 Å². The predicted octanol–water partition coefficient (Wildman–Crippen LogP) is 6.00. The largest absolute Gasteiger partial charge is 0.368 e. The zero-order chi connectivity index (χ0) is 26.1. The second kappa shape index (κ2) is 11.1. The van der Waals surface area contributed by atoms with Crippen LogP contribution in [0.2, 0.25) is 5.02 Å². The number of nitrogens with zero attached hydrogens (tertiary/aromatic N) is 5. The molecule has 4 aromatic rings. The van der Waals surface area contributed by atoms with Crippen molar-refractivity contribution in [3.8, 4) is 5.69 Å². The molecule has 2 aliphatic rings. The summed E-state index contributed by atoms with van der Waals surface area (Å²) in [4.78, 5) is 25.3. The van der Waals surface area contributed by atoms with Crippen LogP contribution in [0.4, 0.5) is 5.69 Å². The van der Waals surface area contributed by atoms with Gasteiger partial charge in [0.05, 0.1) is 23.5 Å². The summed E-state index contributed by atoms with van der Waals surface area (Å²) in [5.74, 6) is 1.33. The van der Waals surface area contributed by atoms with E-state index in [-0.39, 0.29) is 5.92 Å². The first-order valence-electron chi connectivity index (χ1n) is 13.3. The lowest BCUT2D eigenvalue weighted by atomic mass is 9.96. The number of carbonyl (C=O) groups is 1. The van der Waals surface area contributed by atoms with Crippen LogP contribution in [0.25, 0.3) is 16.7 Å². The molecule has 0 spiro atoms. The first-order valence-corrected chi connectivity index (χ1v) is 14.5. The fourth-order valence-electron chi connectivity index (χ4n) is 5.80. The van der Waals surface area contributed by atoms with Gasteiger partial charge in [0.1, 0.15) is 5.82 Å². The van der Waals surface area contributed by atoms with Crippen LogP contribution in [0.15, 0.2) is 77.3 Å². The summed E-state index contributed by atoms with van der Waals surface area (Å²) in [6, 6.07) is 24.6. The van der Waals surface area contributed by atoms with Crippen LogP contribution in [0, 0.1) is 5.92 Å². The number of hydrogen-bond acceptors (Lipinski definition) is 4. The summed E-state index contributed by atoms with van der Waals surface area (Å²) in [5, 5.41) is 0.747. The summed E-state index contributed by atoms with van der Waals surface area (Å²) < 4.78 is 3.29. The first kappa shape index (κ1) is 25.4. The van der Waals surface area contributed by atoms with E-state index in [1.54, 1.807) is 0 Å². The summed E-state index contributed by atoms with van der Waals surface area (Å²) >= 11 is 9.81. The average Bonchev–Trinajstić information content (AvgIpc) is 3.30. The Balaban J connectivity index is 1.15. The van der Waals surface area contributed by atoms with Gasteiger partial charge in [-0.25, -0.2) is 4.98 Å². The van der Waals surface area contributed by atoms with Gasteiger partial charge in [-0.2, -0.15) is 0 Å². The molecule has 0 unspecified atom stereocenters. The molecule has 1 aromatic heterocycles. The molecule has 1 atom stereocenters. The number of carbonyl (C=O) groups excluding carboxylic acids is 1. The Morgan fingerprint density at radius 3 is 2.53 bits per heavy atom. The second-order valence-electron chi connectivity index (χ2n) is 10.2. The minimum Gasteiger partial charge on any atom is -0.368 e. The molecule has 38 heavy (non-hydrogen) atoms. The Bertz CT molecular complexity index is 1450. The van der Waals surface area contributed by atoms with Gasteiger partial charge in [0.2, 0.25) is 5.91 Å². The monoisotopic (exact) mass is 591 g/mol. The molecule has 8 heteroatoms. The smallest absolute Gasteiger partial charge is 0.227 e. The Morgan fingerprint density at radius 1 is 0.921 bits per heavy atom. The predicted molar refractivity (Wildman–Crippen MR) is 157 cm³/mol. The lowest BCUT2D eigenvalue weighted by Crippen LogP contribution is -2.52. The zero-order valence-corrected chi connectivity index (χ0v) is 23.6. The van der Waals surface area contributed by atoms with Crippen molar-refractivity contribution in [3.05, 3.63) is 88.1 Å². The Labute approximate surface area is 236 Å². The van der Waals surface area contributed by atoms with E-state index in [0.29, 0.717) is 12.5 Å². The van der Waals surface area contributed by atoms with Crippen molar-refractivity contribution in [2.75, 3.05) is 44.2 Å². The number of amides is 1. The van der Waals surface area contributed by atoms with Crippen molar-refractivity contribution in [3.63, 3.8) is 0 Å². The fourth-order valence-corrected chi connectivity index (χ4v) is 6.37. The Morgan fingerprint density at radius 2 is 1.71 bits per heavy atom. The summed E-state index contributed by atoms with van der Waals surface area (Å²) in [6.07, 6.45) is 1.97. The summed E-state index contributed by atoms with van der Waals surface area (Å²) in [7, 11) is 0. The number of para-hydroxylation sites is 2. The van der Waals surface area contributed by atoms with Gasteiger partial charge in [0.15, 0.2) is 0 Å². The van der Waals surface area contributed by atoms with Crippen molar-refractivity contribution in [1.82, 2.24) is 19.4 Å². The van der Waals surface area contributed by atoms with Crippen LogP contribution < -0.4 is 4.90 Å². The molecule has 0 radical (unpaired) electrons. The SMILES string of the molecule is O=C([C@H]1CCCN(Cc2nc3ccccc3n2-c2cccc(Br)c2)C1)N1CCN(c2cccc(Cl)c2)CC1. The van der Waals surface area contributed by atoms with Gasteiger partial charge in [-0.15, -0.1) is 0 Å². The lowest BCUT2D eigenvalue weighted by molar-refractivity contribution is -0.137. The van der Waals surface area contributed by atoms with Crippen LogP contribution >= 0.6 is 27.5 Å². The third-order valence-electron chi connectivity index (χ3n) is 7.68. The highest BCUT2D eigenvalue weighted by Gasteiger charge is 2.32. The number of piperazine rings is 1. The maximum atomic E-state index is 13.5. The number of piperidine rings is 1. The van der Waals surface area contributed by atoms with E-state index in [1.165, 1.54) is 0 Å². The zero-order valence-electron chi connectivity index (χ0n) is 21.3. The van der Waals surface area contributed by atoms with Gasteiger partial charge in [0, 0.05) is 53.6 Å². The van der Waals surface area contributed by atoms with Crippen LogP contribution in [0.3, 0.4) is 0 Å². The normalized spacial score (nSPS) is 18.7. The fraction of sp³-hybridized carbons (Fsp3) is 0.333. The van der Waals surface area contributed by atoms with Crippen LogP contribution in [0.1, 0.15) is 18.7 Å². The molecule has 0 bridgehead atoms. The molecule has 6 nitrogen and oxygen atoms in total. The number of rotatable bonds is 5. The molecular weight excluding hydrogens is 562 g/mol. The standard InChI is InChI=1S/C30H31BrClN5O/c31-23-7-3-10-26(18-23)37-28-12-2-1-11-27(28)33-29(37)21-34-13-5-6-22(20-34)30(38)36-16-14-35(15-17-36)25-9-4-8-24(32)19-25/h1-4,7-12,18-19,22H,5-6,13-17,20-21H2/t22-/m0/s1. The maximum absolute atomic E-state index is 13.5. The second-order valence-corrected chi connectivity index (χ2v) is 11.6. The number of aromatic nitrogens is 2. The molecule has 2 aliphatic heterocycles. The number of anilines is 1. The molecule has 2 fully saturated rings. The van der Waals surface area contributed by atoms with Gasteiger partial charge in [-0.3, -0.25) is 14.3 Å². The highest BCUT2D eigenvalue weighted by Crippen LogP contribution is 2.27. The Kier molecular flexibility index (Phi) is 7.41. The number of benzene rings is 3. The molecule has 196 valence electrons. The van der Waals surface area contributed by atoms with E-state index in [2.05, 4.69) is 77.7 Å². The van der Waals surface area contributed by atoms with Crippen molar-refractivity contribution in [1.29, 1.82) is 0 Å². The molecular formula is C30H31BrClN5O. The summed E-state index contributed by atoms with van der Waals surface area (Å²) in [6.45, 7) is 5.63. The molecule has 3 heterocycles. The van der Waals surface area contributed by atoms with Crippen molar-refractivity contribution < 1.29 is 4.79 Å². The number of fused-ring (bicyclic) bond motifs is 1. The van der Waals surface area contributed by atoms with Gasteiger partial charge in [-0.05, 0) is 67.9 Å². The van der Waals surface area contributed by atoms with E-state index in [1.807, 2.05) is 30.3 Å².